The maximum atomic E-state index is 11.6. The van der Waals surface area contributed by atoms with Gasteiger partial charge in [0.25, 0.3) is 5.91 Å². The number of hydrogen-bond donors (Lipinski definition) is 2. The second-order valence-electron chi connectivity index (χ2n) is 4.98. The van der Waals surface area contributed by atoms with Gasteiger partial charge in [0, 0.05) is 4.47 Å². The van der Waals surface area contributed by atoms with Gasteiger partial charge in [-0.25, -0.2) is 4.79 Å². The average Bonchev–Trinajstić information content (AvgIpc) is 2.35. The van der Waals surface area contributed by atoms with Gasteiger partial charge in [0.05, 0.1) is 6.04 Å². The van der Waals surface area contributed by atoms with Crippen molar-refractivity contribution in [2.45, 2.75) is 32.4 Å². The minimum absolute atomic E-state index is 0.198. The van der Waals surface area contributed by atoms with E-state index in [1.54, 1.807) is 0 Å². The van der Waals surface area contributed by atoms with E-state index in [0.717, 1.165) is 10.0 Å². The van der Waals surface area contributed by atoms with Crippen molar-refractivity contribution < 1.29 is 19.4 Å². The van der Waals surface area contributed by atoms with Crippen molar-refractivity contribution in [3.05, 3.63) is 34.3 Å². The van der Waals surface area contributed by atoms with Crippen LogP contribution in [0.4, 0.5) is 0 Å². The first kappa shape index (κ1) is 16.7. The monoisotopic (exact) mass is 343 g/mol. The molecule has 5 nitrogen and oxygen atoms in total. The summed E-state index contributed by atoms with van der Waals surface area (Å²) in [7, 11) is 0. The number of carbonyl (C=O) groups is 2. The predicted molar refractivity (Wildman–Crippen MR) is 78.0 cm³/mol. The highest BCUT2D eigenvalue weighted by Gasteiger charge is 2.26. The number of amides is 1. The number of esters is 1. The van der Waals surface area contributed by atoms with Gasteiger partial charge in [-0.3, -0.25) is 4.79 Å². The topological polar surface area (TPSA) is 75.6 Å². The van der Waals surface area contributed by atoms with Crippen molar-refractivity contribution in [3.8, 4) is 0 Å². The predicted octanol–water partition coefficient (Wildman–Crippen LogP) is 1.94. The Morgan fingerprint density at radius 1 is 1.35 bits per heavy atom. The van der Waals surface area contributed by atoms with E-state index >= 15 is 0 Å². The SMILES string of the molecule is CC(NC(=O)COC(=O)C(C)(C)O)c1ccc(Br)cc1. The number of aliphatic hydroxyl groups is 1. The van der Waals surface area contributed by atoms with E-state index in [-0.39, 0.29) is 6.04 Å². The van der Waals surface area contributed by atoms with Crippen molar-refractivity contribution in [3.63, 3.8) is 0 Å². The van der Waals surface area contributed by atoms with Crippen LogP contribution in [-0.2, 0) is 14.3 Å². The van der Waals surface area contributed by atoms with E-state index in [0.29, 0.717) is 0 Å². The van der Waals surface area contributed by atoms with Gasteiger partial charge in [-0.15, -0.1) is 0 Å². The largest absolute Gasteiger partial charge is 0.453 e. The van der Waals surface area contributed by atoms with Crippen LogP contribution in [0.2, 0.25) is 0 Å². The van der Waals surface area contributed by atoms with Gasteiger partial charge in [-0.05, 0) is 38.5 Å². The maximum absolute atomic E-state index is 11.6. The molecule has 1 rings (SSSR count). The Hall–Kier alpha value is -1.40. The third kappa shape index (κ3) is 5.30. The van der Waals surface area contributed by atoms with Crippen LogP contribution < -0.4 is 5.32 Å². The fourth-order valence-electron chi connectivity index (χ4n) is 1.43. The zero-order valence-electron chi connectivity index (χ0n) is 11.6. The molecule has 0 heterocycles. The van der Waals surface area contributed by atoms with Crippen LogP contribution in [0.15, 0.2) is 28.7 Å². The van der Waals surface area contributed by atoms with Crippen LogP contribution >= 0.6 is 15.9 Å². The van der Waals surface area contributed by atoms with Crippen molar-refractivity contribution >= 4 is 27.8 Å². The summed E-state index contributed by atoms with van der Waals surface area (Å²) in [5.41, 5.74) is -0.659. The summed E-state index contributed by atoms with van der Waals surface area (Å²) in [6.45, 7) is 4.03. The number of rotatable bonds is 5. The Morgan fingerprint density at radius 3 is 2.40 bits per heavy atom. The smallest absolute Gasteiger partial charge is 0.338 e. The van der Waals surface area contributed by atoms with Gasteiger partial charge in [0.1, 0.15) is 0 Å². The molecule has 1 atom stereocenters. The van der Waals surface area contributed by atoms with Gasteiger partial charge < -0.3 is 15.2 Å². The molecule has 0 aliphatic carbocycles. The number of benzene rings is 1. The van der Waals surface area contributed by atoms with Gasteiger partial charge >= 0.3 is 5.97 Å². The van der Waals surface area contributed by atoms with Crippen molar-refractivity contribution in [1.29, 1.82) is 0 Å². The summed E-state index contributed by atoms with van der Waals surface area (Å²) in [6, 6.07) is 7.34. The first-order valence-electron chi connectivity index (χ1n) is 6.14. The first-order valence-corrected chi connectivity index (χ1v) is 6.94. The number of ether oxygens (including phenoxy) is 1. The van der Waals surface area contributed by atoms with Gasteiger partial charge in [-0.1, -0.05) is 28.1 Å². The molecule has 1 amide bonds. The molecule has 0 radical (unpaired) electrons. The van der Waals surface area contributed by atoms with Gasteiger partial charge in [0.2, 0.25) is 0 Å². The van der Waals surface area contributed by atoms with Gasteiger partial charge in [-0.2, -0.15) is 0 Å². The van der Waals surface area contributed by atoms with Crippen LogP contribution in [0.25, 0.3) is 0 Å². The Kier molecular flexibility index (Phi) is 5.71. The summed E-state index contributed by atoms with van der Waals surface area (Å²) in [5, 5.41) is 12.1. The van der Waals surface area contributed by atoms with Gasteiger partial charge in [0.15, 0.2) is 12.2 Å². The lowest BCUT2D eigenvalue weighted by Gasteiger charge is -2.17. The Bertz CT molecular complexity index is 479. The molecular weight excluding hydrogens is 326 g/mol. The molecule has 0 aromatic heterocycles. The Labute approximate surface area is 126 Å². The molecule has 0 fully saturated rings. The van der Waals surface area contributed by atoms with Crippen molar-refractivity contribution in [2.24, 2.45) is 0 Å². The van der Waals surface area contributed by atoms with Crippen LogP contribution in [-0.4, -0.2) is 29.2 Å². The molecule has 0 saturated heterocycles. The fourth-order valence-corrected chi connectivity index (χ4v) is 1.69. The minimum atomic E-state index is -1.60. The van der Waals surface area contributed by atoms with Crippen LogP contribution in [0.5, 0.6) is 0 Å². The molecule has 0 spiro atoms. The lowest BCUT2D eigenvalue weighted by atomic mass is 10.1. The van der Waals surface area contributed by atoms with E-state index in [9.17, 15) is 14.7 Å². The van der Waals surface area contributed by atoms with Crippen LogP contribution in [0.3, 0.4) is 0 Å². The lowest BCUT2D eigenvalue weighted by Crippen LogP contribution is -2.37. The van der Waals surface area contributed by atoms with E-state index in [1.807, 2.05) is 31.2 Å². The third-order valence-corrected chi connectivity index (χ3v) is 3.11. The molecule has 0 aliphatic rings. The zero-order valence-corrected chi connectivity index (χ0v) is 13.2. The summed E-state index contributed by atoms with van der Waals surface area (Å²) in [4.78, 5) is 23.0. The number of nitrogens with one attached hydrogen (secondary N) is 1. The minimum Gasteiger partial charge on any atom is -0.453 e. The molecule has 1 aromatic rings. The molecule has 0 saturated carbocycles. The summed E-state index contributed by atoms with van der Waals surface area (Å²) in [5.74, 6) is -1.25. The maximum Gasteiger partial charge on any atom is 0.338 e. The van der Waals surface area contributed by atoms with Crippen molar-refractivity contribution in [1.82, 2.24) is 5.32 Å². The second-order valence-corrected chi connectivity index (χ2v) is 5.89. The summed E-state index contributed by atoms with van der Waals surface area (Å²) >= 11 is 3.34. The fraction of sp³-hybridized carbons (Fsp3) is 0.429. The normalized spacial score (nSPS) is 12.7. The molecule has 0 aliphatic heterocycles. The molecule has 6 heteroatoms. The third-order valence-electron chi connectivity index (χ3n) is 2.58. The van der Waals surface area contributed by atoms with E-state index in [1.165, 1.54) is 13.8 Å². The van der Waals surface area contributed by atoms with Crippen LogP contribution in [0.1, 0.15) is 32.4 Å². The lowest BCUT2D eigenvalue weighted by molar-refractivity contribution is -0.164. The zero-order chi connectivity index (χ0) is 15.3. The highest BCUT2D eigenvalue weighted by Crippen LogP contribution is 2.16. The highest BCUT2D eigenvalue weighted by molar-refractivity contribution is 9.10. The Morgan fingerprint density at radius 2 is 1.90 bits per heavy atom. The average molecular weight is 344 g/mol. The number of hydrogen-bond acceptors (Lipinski definition) is 4. The molecule has 0 bridgehead atoms. The van der Waals surface area contributed by atoms with E-state index in [2.05, 4.69) is 21.2 Å². The summed E-state index contributed by atoms with van der Waals surface area (Å²) in [6.07, 6.45) is 0. The second kappa shape index (κ2) is 6.85. The molecule has 1 unspecified atom stereocenters. The molecular formula is C14H18BrNO4. The van der Waals surface area contributed by atoms with Crippen LogP contribution in [0, 0.1) is 0 Å². The van der Waals surface area contributed by atoms with E-state index in [4.69, 9.17) is 4.74 Å². The number of halogens is 1. The summed E-state index contributed by atoms with van der Waals surface area (Å²) < 4.78 is 5.67. The highest BCUT2D eigenvalue weighted by atomic mass is 79.9. The standard InChI is InChI=1S/C14H18BrNO4/c1-9(10-4-6-11(15)7-5-10)16-12(17)8-20-13(18)14(2,3)19/h4-7,9,19H,8H2,1-3H3,(H,16,17). The molecule has 2 N–H and O–H groups in total. The molecule has 110 valence electrons. The number of carbonyl (C=O) groups excluding carboxylic acids is 2. The first-order chi connectivity index (χ1) is 9.20. The molecule has 1 aromatic carbocycles. The molecule has 20 heavy (non-hydrogen) atoms. The van der Waals surface area contributed by atoms with E-state index < -0.39 is 24.1 Å². The quantitative estimate of drug-likeness (QED) is 0.801. The van der Waals surface area contributed by atoms with Crippen molar-refractivity contribution in [2.75, 3.05) is 6.61 Å². The Balaban J connectivity index is 2.46.